The molecule has 0 saturated carbocycles. The summed E-state index contributed by atoms with van der Waals surface area (Å²) in [4.78, 5) is 13.1. The first-order chi connectivity index (χ1) is 15.1. The zero-order valence-corrected chi connectivity index (χ0v) is 18.5. The van der Waals surface area contributed by atoms with Crippen LogP contribution in [-0.2, 0) is 4.74 Å². The molecule has 4 aromatic rings. The number of thiophene rings is 1. The molecule has 0 amide bonds. The second-order valence-corrected chi connectivity index (χ2v) is 10.2. The lowest BCUT2D eigenvalue weighted by atomic mass is 9.83. The topological polar surface area (TPSA) is 50.3 Å². The molecule has 6 rings (SSSR count). The van der Waals surface area contributed by atoms with Gasteiger partial charge in [0.25, 0.3) is 0 Å². The van der Waals surface area contributed by atoms with E-state index in [2.05, 4.69) is 33.3 Å². The van der Waals surface area contributed by atoms with Crippen molar-refractivity contribution in [3.8, 4) is 0 Å². The summed E-state index contributed by atoms with van der Waals surface area (Å²) in [5.74, 6) is -0.933. The minimum absolute atomic E-state index is 0.0301. The van der Waals surface area contributed by atoms with Crippen LogP contribution in [0.2, 0.25) is 0 Å². The van der Waals surface area contributed by atoms with Crippen LogP contribution in [0.5, 0.6) is 0 Å². The number of anilines is 2. The van der Waals surface area contributed by atoms with Crippen molar-refractivity contribution in [1.29, 1.82) is 0 Å². The summed E-state index contributed by atoms with van der Waals surface area (Å²) in [7, 11) is 2.17. The van der Waals surface area contributed by atoms with Crippen LogP contribution < -0.4 is 5.32 Å². The van der Waals surface area contributed by atoms with Crippen molar-refractivity contribution in [2.24, 2.45) is 0 Å². The summed E-state index contributed by atoms with van der Waals surface area (Å²) < 4.78 is 35.9. The van der Waals surface area contributed by atoms with Gasteiger partial charge in [-0.15, -0.1) is 22.7 Å². The maximum absolute atomic E-state index is 15.0. The lowest BCUT2D eigenvalue weighted by Gasteiger charge is -2.35. The number of ether oxygens (including phenoxy) is 1. The lowest BCUT2D eigenvalue weighted by Crippen LogP contribution is -2.45. The molecule has 2 aliphatic heterocycles. The number of nitrogens with one attached hydrogen (secondary N) is 1. The summed E-state index contributed by atoms with van der Waals surface area (Å²) >= 11 is 2.88. The third-order valence-electron chi connectivity index (χ3n) is 6.77. The summed E-state index contributed by atoms with van der Waals surface area (Å²) in [5, 5.41) is 3.86. The summed E-state index contributed by atoms with van der Waals surface area (Å²) in [6.45, 7) is 2.56. The van der Waals surface area contributed by atoms with Crippen LogP contribution in [0, 0.1) is 11.6 Å². The molecule has 0 aliphatic carbocycles. The summed E-state index contributed by atoms with van der Waals surface area (Å²) in [6.07, 6.45) is 3.77. The fourth-order valence-electron chi connectivity index (χ4n) is 5.05. The minimum atomic E-state index is -0.670. The average Bonchev–Trinajstić information content (AvgIpc) is 3.53. The molecule has 1 spiro atoms. The second-order valence-electron chi connectivity index (χ2n) is 8.27. The van der Waals surface area contributed by atoms with Crippen LogP contribution in [0.25, 0.3) is 20.4 Å². The van der Waals surface area contributed by atoms with E-state index in [-0.39, 0.29) is 16.7 Å². The van der Waals surface area contributed by atoms with Crippen molar-refractivity contribution in [2.75, 3.05) is 32.1 Å². The van der Waals surface area contributed by atoms with Gasteiger partial charge < -0.3 is 10.1 Å². The predicted molar refractivity (Wildman–Crippen MR) is 121 cm³/mol. The van der Waals surface area contributed by atoms with Gasteiger partial charge in [0.05, 0.1) is 28.0 Å². The Morgan fingerprint density at radius 3 is 3.03 bits per heavy atom. The normalized spacial score (nSPS) is 24.2. The quantitative estimate of drug-likeness (QED) is 0.439. The third kappa shape index (κ3) is 2.91. The van der Waals surface area contributed by atoms with Crippen LogP contribution in [-0.4, -0.2) is 47.2 Å². The molecule has 2 unspecified atom stereocenters. The monoisotopic (exact) mass is 458 g/mol. The Balaban J connectivity index is 1.42. The van der Waals surface area contributed by atoms with Crippen molar-refractivity contribution < 1.29 is 13.5 Å². The fraction of sp³-hybridized carbons (Fsp3) is 0.364. The smallest absolute Gasteiger partial charge is 0.176 e. The number of hydrogen-bond acceptors (Lipinski definition) is 7. The Bertz CT molecular complexity index is 1300. The SMILES string of the molecule is CN1CCC(c2cc3c(Nc4c(F)cc5scnc5c4F)ccnc3s2)C12CCOC2. The highest BCUT2D eigenvalue weighted by Crippen LogP contribution is 2.49. The van der Waals surface area contributed by atoms with Crippen molar-refractivity contribution in [3.63, 3.8) is 0 Å². The zero-order valence-electron chi connectivity index (χ0n) is 16.8. The van der Waals surface area contributed by atoms with Crippen LogP contribution in [0.15, 0.2) is 29.9 Å². The molecule has 0 bridgehead atoms. The maximum atomic E-state index is 15.0. The van der Waals surface area contributed by atoms with Crippen molar-refractivity contribution >= 4 is 54.5 Å². The number of hydrogen-bond donors (Lipinski definition) is 1. The maximum Gasteiger partial charge on any atom is 0.176 e. The Morgan fingerprint density at radius 1 is 1.29 bits per heavy atom. The number of nitrogens with zero attached hydrogens (tertiary/aromatic N) is 3. The Hall–Kier alpha value is -2.20. The van der Waals surface area contributed by atoms with E-state index in [0.717, 1.165) is 42.8 Å². The molecule has 2 atom stereocenters. The van der Waals surface area contributed by atoms with Gasteiger partial charge in [-0.2, -0.15) is 0 Å². The van der Waals surface area contributed by atoms with Crippen LogP contribution in [0.3, 0.4) is 0 Å². The molecule has 160 valence electrons. The van der Waals surface area contributed by atoms with Gasteiger partial charge in [-0.3, -0.25) is 4.90 Å². The first kappa shape index (κ1) is 19.5. The first-order valence-corrected chi connectivity index (χ1v) is 11.9. The molecule has 2 fully saturated rings. The predicted octanol–water partition coefficient (Wildman–Crippen LogP) is 5.51. The Morgan fingerprint density at radius 2 is 2.19 bits per heavy atom. The van der Waals surface area contributed by atoms with E-state index in [1.165, 1.54) is 27.8 Å². The van der Waals surface area contributed by atoms with Gasteiger partial charge in [-0.05, 0) is 44.6 Å². The van der Waals surface area contributed by atoms with Gasteiger partial charge >= 0.3 is 0 Å². The van der Waals surface area contributed by atoms with E-state index in [4.69, 9.17) is 4.74 Å². The van der Waals surface area contributed by atoms with Crippen molar-refractivity contribution in [3.05, 3.63) is 46.4 Å². The Labute approximate surface area is 185 Å². The molecular formula is C22H20F2N4OS2. The number of halogens is 2. The molecule has 31 heavy (non-hydrogen) atoms. The van der Waals surface area contributed by atoms with E-state index in [1.807, 2.05) is 0 Å². The fourth-order valence-corrected chi connectivity index (χ4v) is 7.02. The van der Waals surface area contributed by atoms with Gasteiger partial charge in [0.15, 0.2) is 11.6 Å². The highest BCUT2D eigenvalue weighted by atomic mass is 32.1. The summed E-state index contributed by atoms with van der Waals surface area (Å²) in [6, 6.07) is 5.22. The number of likely N-dealkylation sites (N-methyl/N-ethyl adjacent to an activating group) is 1. The number of fused-ring (bicyclic) bond motifs is 2. The van der Waals surface area contributed by atoms with Crippen molar-refractivity contribution in [1.82, 2.24) is 14.9 Å². The van der Waals surface area contributed by atoms with Crippen LogP contribution >= 0.6 is 22.7 Å². The molecular weight excluding hydrogens is 438 g/mol. The zero-order chi connectivity index (χ0) is 21.2. The number of rotatable bonds is 3. The molecule has 5 heterocycles. The largest absolute Gasteiger partial charge is 0.379 e. The molecule has 1 aromatic carbocycles. The van der Waals surface area contributed by atoms with E-state index in [0.29, 0.717) is 16.3 Å². The molecule has 3 aromatic heterocycles. The van der Waals surface area contributed by atoms with Gasteiger partial charge in [0.1, 0.15) is 16.0 Å². The number of pyridine rings is 1. The molecule has 2 aliphatic rings. The minimum Gasteiger partial charge on any atom is -0.379 e. The number of likely N-dealkylation sites (tertiary alicyclic amines) is 1. The highest BCUT2D eigenvalue weighted by Gasteiger charge is 2.50. The molecule has 9 heteroatoms. The van der Waals surface area contributed by atoms with E-state index in [1.54, 1.807) is 23.6 Å². The number of thiazole rings is 1. The molecule has 5 nitrogen and oxygen atoms in total. The van der Waals surface area contributed by atoms with E-state index >= 15 is 0 Å². The number of benzene rings is 1. The standard InChI is InChI=1S/C22H20F2N4OS2/c1-28-6-3-13(22(28)4-7-29-10-22)16-8-12-15(2-5-25-21(12)31-16)27-19-14(23)9-17-20(18(19)24)26-11-30-17/h2,5,8-9,11,13H,3-4,6-7,10H2,1H3,(H,25,27). The van der Waals surface area contributed by atoms with Gasteiger partial charge in [-0.1, -0.05) is 0 Å². The van der Waals surface area contributed by atoms with E-state index < -0.39 is 11.6 Å². The molecule has 1 N–H and O–H groups in total. The lowest BCUT2D eigenvalue weighted by molar-refractivity contribution is 0.111. The number of aromatic nitrogens is 2. The van der Waals surface area contributed by atoms with Gasteiger partial charge in [-0.25, -0.2) is 18.7 Å². The van der Waals surface area contributed by atoms with Crippen molar-refractivity contribution in [2.45, 2.75) is 24.3 Å². The molecule has 0 radical (unpaired) electrons. The first-order valence-electron chi connectivity index (χ1n) is 10.2. The Kier molecular flexibility index (Phi) is 4.50. The third-order valence-corrected chi connectivity index (χ3v) is 8.70. The van der Waals surface area contributed by atoms with Crippen LogP contribution in [0.4, 0.5) is 20.2 Å². The van der Waals surface area contributed by atoms with Gasteiger partial charge in [0, 0.05) is 29.0 Å². The summed E-state index contributed by atoms with van der Waals surface area (Å²) in [5.41, 5.74) is 2.20. The average molecular weight is 459 g/mol. The highest BCUT2D eigenvalue weighted by molar-refractivity contribution is 7.18. The van der Waals surface area contributed by atoms with Gasteiger partial charge in [0.2, 0.25) is 0 Å². The van der Waals surface area contributed by atoms with Crippen LogP contribution in [0.1, 0.15) is 23.6 Å². The molecule has 2 saturated heterocycles. The second kappa shape index (κ2) is 7.16. The van der Waals surface area contributed by atoms with E-state index in [9.17, 15) is 8.78 Å².